The van der Waals surface area contributed by atoms with E-state index >= 15 is 0 Å². The lowest BCUT2D eigenvalue weighted by Crippen LogP contribution is -2.08. The predicted octanol–water partition coefficient (Wildman–Crippen LogP) is 2.30. The van der Waals surface area contributed by atoms with Crippen LogP contribution in [-0.4, -0.2) is 15.9 Å². The number of aromatic nitrogens is 1. The van der Waals surface area contributed by atoms with Crippen molar-refractivity contribution in [2.45, 2.75) is 13.1 Å². The second kappa shape index (κ2) is 3.65. The van der Waals surface area contributed by atoms with Crippen LogP contribution in [0.2, 0.25) is 0 Å². The Kier molecular flexibility index (Phi) is 2.73. The third-order valence-electron chi connectivity index (χ3n) is 1.61. The molecule has 3 nitrogen and oxygen atoms in total. The zero-order valence-corrected chi connectivity index (χ0v) is 7.21. The van der Waals surface area contributed by atoms with Gasteiger partial charge in [0.1, 0.15) is 5.71 Å². The monoisotopic (exact) mass is 204 g/mol. The molecule has 1 N–H and O–H groups in total. The van der Waals surface area contributed by atoms with Crippen LogP contribution in [0.15, 0.2) is 23.5 Å². The summed E-state index contributed by atoms with van der Waals surface area (Å²) in [7, 11) is 0. The molecule has 76 valence electrons. The Balaban J connectivity index is 3.14. The Morgan fingerprint density at radius 2 is 2.14 bits per heavy atom. The molecule has 0 spiro atoms. The van der Waals surface area contributed by atoms with Gasteiger partial charge in [-0.15, -0.1) is 0 Å². The number of alkyl halides is 3. The Morgan fingerprint density at radius 3 is 2.64 bits per heavy atom. The summed E-state index contributed by atoms with van der Waals surface area (Å²) in [6, 6.07) is 1.68. The Hall–Kier alpha value is -1.59. The van der Waals surface area contributed by atoms with Crippen molar-refractivity contribution in [1.29, 1.82) is 0 Å². The molecule has 0 aromatic carbocycles. The molecule has 1 heterocycles. The van der Waals surface area contributed by atoms with Crippen LogP contribution >= 0.6 is 0 Å². The fourth-order valence-electron chi connectivity index (χ4n) is 0.856. The highest BCUT2D eigenvalue weighted by atomic mass is 19.4. The Labute approximate surface area is 77.9 Å². The van der Waals surface area contributed by atoms with Crippen molar-refractivity contribution in [1.82, 2.24) is 4.98 Å². The summed E-state index contributed by atoms with van der Waals surface area (Å²) in [6.45, 7) is 1.36. The molecular weight excluding hydrogens is 197 g/mol. The van der Waals surface area contributed by atoms with Crippen molar-refractivity contribution < 1.29 is 18.4 Å². The van der Waals surface area contributed by atoms with Gasteiger partial charge in [-0.25, -0.2) is 0 Å². The van der Waals surface area contributed by atoms with Crippen molar-refractivity contribution in [2.24, 2.45) is 5.16 Å². The molecule has 0 fully saturated rings. The molecule has 0 bridgehead atoms. The number of pyridine rings is 1. The molecule has 0 saturated carbocycles. The lowest BCUT2D eigenvalue weighted by Gasteiger charge is -2.06. The molecule has 0 aliphatic carbocycles. The fraction of sp³-hybridized carbons (Fsp3) is 0.250. The highest BCUT2D eigenvalue weighted by Crippen LogP contribution is 2.28. The van der Waals surface area contributed by atoms with Gasteiger partial charge in [0.2, 0.25) is 0 Å². The van der Waals surface area contributed by atoms with E-state index in [-0.39, 0.29) is 11.4 Å². The van der Waals surface area contributed by atoms with E-state index in [2.05, 4.69) is 10.1 Å². The number of oxime groups is 1. The minimum atomic E-state index is -4.41. The minimum absolute atomic E-state index is 0.00215. The Bertz CT molecular complexity index is 360. The van der Waals surface area contributed by atoms with Crippen molar-refractivity contribution in [2.75, 3.05) is 0 Å². The summed E-state index contributed by atoms with van der Waals surface area (Å²) in [5.74, 6) is 0. The van der Waals surface area contributed by atoms with Gasteiger partial charge in [-0.3, -0.25) is 4.98 Å². The van der Waals surface area contributed by atoms with E-state index < -0.39 is 11.7 Å². The van der Waals surface area contributed by atoms with Crippen molar-refractivity contribution in [3.8, 4) is 0 Å². The van der Waals surface area contributed by atoms with E-state index in [9.17, 15) is 13.2 Å². The summed E-state index contributed by atoms with van der Waals surface area (Å²) in [5, 5.41) is 11.1. The van der Waals surface area contributed by atoms with E-state index in [1.54, 1.807) is 0 Å². The predicted molar refractivity (Wildman–Crippen MR) is 43.2 cm³/mol. The molecule has 14 heavy (non-hydrogen) atoms. The zero-order chi connectivity index (χ0) is 10.8. The first-order chi connectivity index (χ1) is 6.45. The molecule has 6 heteroatoms. The van der Waals surface area contributed by atoms with Crippen LogP contribution in [-0.2, 0) is 6.18 Å². The van der Waals surface area contributed by atoms with Crippen LogP contribution in [0.5, 0.6) is 0 Å². The van der Waals surface area contributed by atoms with E-state index in [4.69, 9.17) is 5.21 Å². The van der Waals surface area contributed by atoms with E-state index in [0.717, 1.165) is 18.3 Å². The minimum Gasteiger partial charge on any atom is -0.411 e. The van der Waals surface area contributed by atoms with E-state index in [1.807, 2.05) is 0 Å². The first-order valence-corrected chi connectivity index (χ1v) is 3.67. The van der Waals surface area contributed by atoms with Gasteiger partial charge in [0, 0.05) is 6.20 Å². The topological polar surface area (TPSA) is 45.5 Å². The summed E-state index contributed by atoms with van der Waals surface area (Å²) in [5.41, 5.74) is -0.774. The van der Waals surface area contributed by atoms with Crippen molar-refractivity contribution in [3.63, 3.8) is 0 Å². The molecule has 1 rings (SSSR count). The average molecular weight is 204 g/mol. The molecule has 0 aliphatic heterocycles. The SMILES string of the molecule is C/C(=N\O)c1cc(C(F)(F)F)ccn1. The number of halogens is 3. The number of rotatable bonds is 1. The van der Waals surface area contributed by atoms with Crippen LogP contribution in [0.25, 0.3) is 0 Å². The number of hydrogen-bond acceptors (Lipinski definition) is 3. The van der Waals surface area contributed by atoms with Gasteiger partial charge in [-0.2, -0.15) is 13.2 Å². The maximum absolute atomic E-state index is 12.2. The molecule has 0 amide bonds. The lowest BCUT2D eigenvalue weighted by molar-refractivity contribution is -0.137. The Morgan fingerprint density at radius 1 is 1.50 bits per heavy atom. The van der Waals surface area contributed by atoms with Gasteiger partial charge in [0.25, 0.3) is 0 Å². The summed E-state index contributed by atoms with van der Waals surface area (Å²) in [4.78, 5) is 3.63. The third kappa shape index (κ3) is 2.21. The largest absolute Gasteiger partial charge is 0.416 e. The maximum Gasteiger partial charge on any atom is 0.416 e. The summed E-state index contributed by atoms with van der Waals surface area (Å²) in [6.07, 6.45) is -3.39. The molecule has 0 saturated heterocycles. The molecule has 0 radical (unpaired) electrons. The van der Waals surface area contributed by atoms with Crippen LogP contribution in [0, 0.1) is 0 Å². The van der Waals surface area contributed by atoms with Crippen LogP contribution < -0.4 is 0 Å². The quantitative estimate of drug-likeness (QED) is 0.433. The maximum atomic E-state index is 12.2. The van der Waals surface area contributed by atoms with Crippen LogP contribution in [0.3, 0.4) is 0 Å². The highest BCUT2D eigenvalue weighted by Gasteiger charge is 2.30. The molecular formula is C8H7F3N2O. The number of nitrogens with zero attached hydrogens (tertiary/aromatic N) is 2. The smallest absolute Gasteiger partial charge is 0.411 e. The third-order valence-corrected chi connectivity index (χ3v) is 1.61. The van der Waals surface area contributed by atoms with Gasteiger partial charge >= 0.3 is 6.18 Å². The van der Waals surface area contributed by atoms with Gasteiger partial charge in [-0.05, 0) is 19.1 Å². The second-order valence-electron chi connectivity index (χ2n) is 2.61. The highest BCUT2D eigenvalue weighted by molar-refractivity contribution is 5.96. The molecule has 1 aromatic heterocycles. The first kappa shape index (κ1) is 10.5. The van der Waals surface area contributed by atoms with Crippen molar-refractivity contribution in [3.05, 3.63) is 29.6 Å². The summed E-state index contributed by atoms with van der Waals surface area (Å²) < 4.78 is 36.6. The van der Waals surface area contributed by atoms with Crippen LogP contribution in [0.1, 0.15) is 18.2 Å². The van der Waals surface area contributed by atoms with Gasteiger partial charge < -0.3 is 5.21 Å². The van der Waals surface area contributed by atoms with Gasteiger partial charge in [0.05, 0.1) is 11.3 Å². The normalized spacial score (nSPS) is 13.0. The molecule has 0 unspecified atom stereocenters. The van der Waals surface area contributed by atoms with Crippen molar-refractivity contribution >= 4 is 5.71 Å². The first-order valence-electron chi connectivity index (χ1n) is 3.67. The molecule has 0 aliphatic rings. The van der Waals surface area contributed by atoms with Crippen LogP contribution in [0.4, 0.5) is 13.2 Å². The average Bonchev–Trinajstić information content (AvgIpc) is 2.15. The zero-order valence-electron chi connectivity index (χ0n) is 7.21. The standard InChI is InChI=1S/C8H7F3N2O/c1-5(13-14)7-4-6(2-3-12-7)8(9,10)11/h2-4,14H,1H3/b13-5+. The van der Waals surface area contributed by atoms with Gasteiger partial charge in [-0.1, -0.05) is 5.16 Å². The van der Waals surface area contributed by atoms with E-state index in [1.165, 1.54) is 6.92 Å². The number of hydrogen-bond donors (Lipinski definition) is 1. The summed E-state index contributed by atoms with van der Waals surface area (Å²) >= 11 is 0. The fourth-order valence-corrected chi connectivity index (χ4v) is 0.856. The molecule has 0 atom stereocenters. The lowest BCUT2D eigenvalue weighted by atomic mass is 10.2. The van der Waals surface area contributed by atoms with E-state index in [0.29, 0.717) is 0 Å². The molecule has 1 aromatic rings. The van der Waals surface area contributed by atoms with Gasteiger partial charge in [0.15, 0.2) is 0 Å². The second-order valence-corrected chi connectivity index (χ2v) is 2.61.